The lowest BCUT2D eigenvalue weighted by Gasteiger charge is -2.23. The third-order valence-electron chi connectivity index (χ3n) is 5.22. The van der Waals surface area contributed by atoms with Gasteiger partial charge in [-0.15, -0.1) is 0 Å². The van der Waals surface area contributed by atoms with E-state index in [1.807, 2.05) is 6.07 Å². The summed E-state index contributed by atoms with van der Waals surface area (Å²) in [6.07, 6.45) is 3.32. The van der Waals surface area contributed by atoms with Gasteiger partial charge in [0.25, 0.3) is 0 Å². The molecule has 0 radical (unpaired) electrons. The predicted octanol–water partition coefficient (Wildman–Crippen LogP) is 1.88. The topological polar surface area (TPSA) is 69.8 Å². The first-order chi connectivity index (χ1) is 10.7. The summed E-state index contributed by atoms with van der Waals surface area (Å²) in [7, 11) is 0. The van der Waals surface area contributed by atoms with Crippen molar-refractivity contribution in [1.82, 2.24) is 20.6 Å². The minimum Gasteiger partial charge on any atom is -0.349 e. The molecule has 5 nitrogen and oxygen atoms in total. The maximum Gasteiger partial charge on any atom is 0.224 e. The number of carbonyl (C=O) groups excluding carboxylic acids is 1. The van der Waals surface area contributed by atoms with Gasteiger partial charge in [0, 0.05) is 5.92 Å². The van der Waals surface area contributed by atoms with Crippen LogP contribution in [-0.2, 0) is 11.3 Å². The van der Waals surface area contributed by atoms with Crippen molar-refractivity contribution in [2.24, 2.45) is 11.3 Å². The number of piperidine rings is 1. The number of amides is 1. The minimum absolute atomic E-state index is 0.193. The number of fused-ring (bicyclic) bond motifs is 1. The Labute approximate surface area is 129 Å². The van der Waals surface area contributed by atoms with Crippen LogP contribution in [0.2, 0.25) is 0 Å². The molecule has 5 heteroatoms. The van der Waals surface area contributed by atoms with Crippen LogP contribution in [0.25, 0.3) is 11.0 Å². The zero-order valence-corrected chi connectivity index (χ0v) is 12.9. The van der Waals surface area contributed by atoms with Gasteiger partial charge in [-0.3, -0.25) is 4.79 Å². The summed E-state index contributed by atoms with van der Waals surface area (Å²) in [5.41, 5.74) is 3.49. The first-order valence-electron chi connectivity index (χ1n) is 8.10. The van der Waals surface area contributed by atoms with Gasteiger partial charge < -0.3 is 15.6 Å². The quantitative estimate of drug-likeness (QED) is 0.810. The lowest BCUT2D eigenvalue weighted by molar-refractivity contribution is -0.123. The molecule has 1 aliphatic heterocycles. The second kappa shape index (κ2) is 5.09. The summed E-state index contributed by atoms with van der Waals surface area (Å²) in [6, 6.07) is 6.15. The minimum atomic E-state index is 0.193. The highest BCUT2D eigenvalue weighted by Gasteiger charge is 2.57. The number of hydrogen-bond acceptors (Lipinski definition) is 3. The molecule has 2 fully saturated rings. The van der Waals surface area contributed by atoms with Crippen molar-refractivity contribution in [1.29, 1.82) is 0 Å². The van der Waals surface area contributed by atoms with Gasteiger partial charge in [-0.25, -0.2) is 4.98 Å². The van der Waals surface area contributed by atoms with Crippen LogP contribution in [0.1, 0.15) is 30.7 Å². The summed E-state index contributed by atoms with van der Waals surface area (Å²) in [6.45, 7) is 4.64. The Bertz CT molecular complexity index is 715. The predicted molar refractivity (Wildman–Crippen MR) is 85.3 cm³/mol. The molecule has 1 aromatic carbocycles. The number of hydrogen-bond donors (Lipinski definition) is 3. The fourth-order valence-electron chi connectivity index (χ4n) is 3.75. The molecule has 1 aromatic heterocycles. The number of aryl methyl sites for hydroxylation is 1. The normalized spacial score (nSPS) is 22.9. The van der Waals surface area contributed by atoms with Crippen molar-refractivity contribution in [2.75, 3.05) is 13.1 Å². The second-order valence-corrected chi connectivity index (χ2v) is 6.79. The Kier molecular flexibility index (Phi) is 3.18. The number of carbonyl (C=O) groups is 1. The van der Waals surface area contributed by atoms with Crippen LogP contribution in [0.5, 0.6) is 0 Å². The number of H-pyrrole nitrogens is 1. The molecule has 1 unspecified atom stereocenters. The monoisotopic (exact) mass is 298 g/mol. The summed E-state index contributed by atoms with van der Waals surface area (Å²) >= 11 is 0. The van der Waals surface area contributed by atoms with Crippen molar-refractivity contribution in [3.05, 3.63) is 29.6 Å². The SMILES string of the molecule is Cc1ccc2nc(CNC(=O)C3CC34CCNCC4)[nH]c2c1. The van der Waals surface area contributed by atoms with E-state index in [0.29, 0.717) is 12.0 Å². The molecule has 2 aromatic rings. The average Bonchev–Trinajstić information content (AvgIpc) is 3.05. The van der Waals surface area contributed by atoms with Gasteiger partial charge in [-0.2, -0.15) is 0 Å². The third kappa shape index (κ3) is 2.39. The van der Waals surface area contributed by atoms with Crippen molar-refractivity contribution in [3.63, 3.8) is 0 Å². The average molecular weight is 298 g/mol. The summed E-state index contributed by atoms with van der Waals surface area (Å²) in [5.74, 6) is 1.23. The Morgan fingerprint density at radius 3 is 3.05 bits per heavy atom. The van der Waals surface area contributed by atoms with Gasteiger partial charge in [-0.1, -0.05) is 6.07 Å². The van der Waals surface area contributed by atoms with E-state index in [1.54, 1.807) is 0 Å². The van der Waals surface area contributed by atoms with Crippen molar-refractivity contribution < 1.29 is 4.79 Å². The molecule has 1 amide bonds. The smallest absolute Gasteiger partial charge is 0.224 e. The van der Waals surface area contributed by atoms with Gasteiger partial charge in [0.1, 0.15) is 5.82 Å². The third-order valence-corrected chi connectivity index (χ3v) is 5.22. The van der Waals surface area contributed by atoms with E-state index >= 15 is 0 Å². The molecule has 1 atom stereocenters. The number of imidazole rings is 1. The first-order valence-corrected chi connectivity index (χ1v) is 8.10. The fraction of sp³-hybridized carbons (Fsp3) is 0.529. The Morgan fingerprint density at radius 1 is 1.41 bits per heavy atom. The van der Waals surface area contributed by atoms with Crippen LogP contribution < -0.4 is 10.6 Å². The highest BCUT2D eigenvalue weighted by molar-refractivity contribution is 5.82. The number of rotatable bonds is 3. The molecule has 1 saturated heterocycles. The summed E-state index contributed by atoms with van der Waals surface area (Å²) in [5, 5.41) is 6.43. The maximum atomic E-state index is 12.3. The molecule has 2 heterocycles. The highest BCUT2D eigenvalue weighted by atomic mass is 16.2. The second-order valence-electron chi connectivity index (χ2n) is 6.79. The van der Waals surface area contributed by atoms with Gasteiger partial charge >= 0.3 is 0 Å². The molecule has 22 heavy (non-hydrogen) atoms. The van der Waals surface area contributed by atoms with Crippen LogP contribution >= 0.6 is 0 Å². The van der Waals surface area contributed by atoms with Gasteiger partial charge in [-0.05, 0) is 62.4 Å². The lowest BCUT2D eigenvalue weighted by atomic mass is 9.92. The van der Waals surface area contributed by atoms with Crippen molar-refractivity contribution in [2.45, 2.75) is 32.7 Å². The van der Waals surface area contributed by atoms with Crippen molar-refractivity contribution in [3.8, 4) is 0 Å². The lowest BCUT2D eigenvalue weighted by Crippen LogP contribution is -2.33. The molecule has 1 saturated carbocycles. The molecular weight excluding hydrogens is 276 g/mol. The molecule has 3 N–H and O–H groups in total. The molecule has 0 bridgehead atoms. The zero-order chi connectivity index (χ0) is 15.2. The van der Waals surface area contributed by atoms with E-state index in [-0.39, 0.29) is 11.8 Å². The van der Waals surface area contributed by atoms with E-state index in [9.17, 15) is 4.79 Å². The van der Waals surface area contributed by atoms with Gasteiger partial charge in [0.15, 0.2) is 0 Å². The van der Waals surface area contributed by atoms with E-state index in [2.05, 4.69) is 39.7 Å². The van der Waals surface area contributed by atoms with Crippen LogP contribution in [0, 0.1) is 18.3 Å². The van der Waals surface area contributed by atoms with E-state index < -0.39 is 0 Å². The molecule has 4 rings (SSSR count). The number of nitrogens with one attached hydrogen (secondary N) is 3. The van der Waals surface area contributed by atoms with Crippen LogP contribution in [0.15, 0.2) is 18.2 Å². The van der Waals surface area contributed by atoms with Gasteiger partial charge in [0.2, 0.25) is 5.91 Å². The van der Waals surface area contributed by atoms with E-state index in [0.717, 1.165) is 49.2 Å². The maximum absolute atomic E-state index is 12.3. The van der Waals surface area contributed by atoms with Crippen LogP contribution in [-0.4, -0.2) is 29.0 Å². The molecule has 1 aliphatic carbocycles. The number of nitrogens with zero attached hydrogens (tertiary/aromatic N) is 1. The number of benzene rings is 1. The Morgan fingerprint density at radius 2 is 2.23 bits per heavy atom. The molecule has 1 spiro atoms. The van der Waals surface area contributed by atoms with E-state index in [4.69, 9.17) is 0 Å². The number of aromatic nitrogens is 2. The van der Waals surface area contributed by atoms with Gasteiger partial charge in [0.05, 0.1) is 17.6 Å². The highest BCUT2D eigenvalue weighted by Crippen LogP contribution is 2.58. The van der Waals surface area contributed by atoms with E-state index in [1.165, 1.54) is 5.56 Å². The van der Waals surface area contributed by atoms with Crippen LogP contribution in [0.3, 0.4) is 0 Å². The standard InChI is InChI=1S/C17H22N4O/c1-11-2-3-13-14(8-11)21-15(20-13)10-19-16(22)12-9-17(12)4-6-18-7-5-17/h2-3,8,12,18H,4-7,9-10H2,1H3,(H,19,22)(H,20,21). The molecule has 116 valence electrons. The Hall–Kier alpha value is -1.88. The number of aromatic amines is 1. The van der Waals surface area contributed by atoms with Crippen LogP contribution in [0.4, 0.5) is 0 Å². The molecule has 2 aliphatic rings. The molecular formula is C17H22N4O. The fourth-order valence-corrected chi connectivity index (χ4v) is 3.75. The summed E-state index contributed by atoms with van der Waals surface area (Å²) in [4.78, 5) is 20.2. The Balaban J connectivity index is 1.38. The summed E-state index contributed by atoms with van der Waals surface area (Å²) < 4.78 is 0. The largest absolute Gasteiger partial charge is 0.349 e. The first kappa shape index (κ1) is 13.8. The zero-order valence-electron chi connectivity index (χ0n) is 12.9. The van der Waals surface area contributed by atoms with Crippen molar-refractivity contribution >= 4 is 16.9 Å².